The molecule has 0 saturated carbocycles. The number of hydrogen-bond donors (Lipinski definition) is 1. The van der Waals surface area contributed by atoms with E-state index in [0.717, 1.165) is 16.7 Å². The van der Waals surface area contributed by atoms with E-state index in [1.54, 1.807) is 13.3 Å². The number of ether oxygens (including phenoxy) is 1. The zero-order valence-corrected chi connectivity index (χ0v) is 13.1. The number of aromatic nitrogens is 3. The molecule has 0 aliphatic rings. The Kier molecular flexibility index (Phi) is 4.08. The molecule has 0 aliphatic carbocycles. The molecule has 2 N–H and O–H groups in total. The third-order valence-corrected chi connectivity index (χ3v) is 3.89. The van der Waals surface area contributed by atoms with Crippen LogP contribution in [0.4, 0.5) is 0 Å². The van der Waals surface area contributed by atoms with Crippen LogP contribution in [0.2, 0.25) is 0 Å². The molecular weight excluding hydrogens is 294 g/mol. The Morgan fingerprint density at radius 2 is 1.96 bits per heavy atom. The molecule has 3 aromatic rings. The lowest BCUT2D eigenvalue weighted by molar-refractivity contribution is -0.349. The highest BCUT2D eigenvalue weighted by atomic mass is 16.5. The van der Waals surface area contributed by atoms with E-state index in [9.17, 15) is 9.59 Å². The van der Waals surface area contributed by atoms with Crippen molar-refractivity contribution in [2.75, 3.05) is 13.7 Å². The van der Waals surface area contributed by atoms with Gasteiger partial charge in [0.1, 0.15) is 11.9 Å². The first kappa shape index (κ1) is 15.2. The molecule has 6 nitrogen and oxygen atoms in total. The van der Waals surface area contributed by atoms with E-state index < -0.39 is 11.2 Å². The summed E-state index contributed by atoms with van der Waals surface area (Å²) in [6.07, 6.45) is 1.74. The number of pyridine rings is 1. The van der Waals surface area contributed by atoms with Crippen molar-refractivity contribution in [2.24, 2.45) is 0 Å². The smallest absolute Gasteiger partial charge is 0.381 e. The quantitative estimate of drug-likeness (QED) is 0.784. The zero-order valence-electron chi connectivity index (χ0n) is 13.1. The Morgan fingerprint density at radius 3 is 2.70 bits per heavy atom. The number of aryl methyl sites for hydroxylation is 1. The molecule has 2 heterocycles. The van der Waals surface area contributed by atoms with E-state index in [4.69, 9.17) is 4.74 Å². The van der Waals surface area contributed by atoms with Crippen molar-refractivity contribution in [3.05, 3.63) is 62.9 Å². The molecule has 0 spiro atoms. The van der Waals surface area contributed by atoms with E-state index in [1.165, 1.54) is 4.57 Å². The second kappa shape index (κ2) is 6.18. The number of methoxy groups -OCH3 is 1. The number of nitrogens with zero attached hydrogens (tertiary/aromatic N) is 1. The van der Waals surface area contributed by atoms with E-state index in [2.05, 4.69) is 9.97 Å². The van der Waals surface area contributed by atoms with Gasteiger partial charge < -0.3 is 4.74 Å². The number of nitrogens with one attached hydrogen (secondary N) is 2. The Labute approximate surface area is 132 Å². The summed E-state index contributed by atoms with van der Waals surface area (Å²) in [5, 5.41) is 0.470. The topological polar surface area (TPSA) is 78.2 Å². The molecule has 0 aliphatic heterocycles. The fraction of sp³-hybridized carbons (Fsp3) is 0.235. The van der Waals surface area contributed by atoms with Gasteiger partial charge in [-0.3, -0.25) is 9.78 Å². The molecule has 118 valence electrons. The van der Waals surface area contributed by atoms with Gasteiger partial charge in [0.15, 0.2) is 0 Å². The van der Waals surface area contributed by atoms with Gasteiger partial charge in [-0.05, 0) is 24.1 Å². The van der Waals surface area contributed by atoms with Crippen LogP contribution in [0.25, 0.3) is 22.2 Å². The van der Waals surface area contributed by atoms with Gasteiger partial charge in [-0.25, -0.2) is 9.78 Å². The fourth-order valence-corrected chi connectivity index (χ4v) is 2.75. The van der Waals surface area contributed by atoms with Gasteiger partial charge >= 0.3 is 5.69 Å². The molecular formula is C17H18N3O3+. The number of rotatable bonds is 4. The molecule has 0 fully saturated rings. The van der Waals surface area contributed by atoms with Crippen molar-refractivity contribution in [2.45, 2.75) is 13.5 Å². The van der Waals surface area contributed by atoms with Crippen LogP contribution < -0.4 is 16.2 Å². The molecule has 0 saturated heterocycles. The SMILES string of the molecule is COCCn1c(=O)[nH]c(=O)c2c(-c3ccccc3C)cc[nH+]c21. The molecule has 0 unspecified atom stereocenters. The average Bonchev–Trinajstić information content (AvgIpc) is 2.54. The second-order valence-corrected chi connectivity index (χ2v) is 5.33. The average molecular weight is 312 g/mol. The highest BCUT2D eigenvalue weighted by Gasteiger charge is 2.19. The van der Waals surface area contributed by atoms with Crippen molar-refractivity contribution >= 4 is 11.0 Å². The van der Waals surface area contributed by atoms with E-state index in [-0.39, 0.29) is 0 Å². The minimum absolute atomic E-state index is 0.357. The Morgan fingerprint density at radius 1 is 1.17 bits per heavy atom. The second-order valence-electron chi connectivity index (χ2n) is 5.33. The van der Waals surface area contributed by atoms with Gasteiger partial charge in [-0.15, -0.1) is 0 Å². The van der Waals surface area contributed by atoms with Crippen LogP contribution in [0.15, 0.2) is 46.1 Å². The summed E-state index contributed by atoms with van der Waals surface area (Å²) < 4.78 is 6.54. The number of H-pyrrole nitrogens is 2. The van der Waals surface area contributed by atoms with Crippen molar-refractivity contribution in [3.63, 3.8) is 0 Å². The molecule has 0 atom stereocenters. The summed E-state index contributed by atoms with van der Waals surface area (Å²) in [6, 6.07) is 9.70. The minimum atomic E-state index is -0.447. The van der Waals surface area contributed by atoms with Gasteiger partial charge in [0, 0.05) is 12.7 Å². The lowest BCUT2D eigenvalue weighted by atomic mass is 9.99. The first-order valence-corrected chi connectivity index (χ1v) is 7.36. The molecule has 23 heavy (non-hydrogen) atoms. The van der Waals surface area contributed by atoms with E-state index in [1.807, 2.05) is 37.3 Å². The predicted molar refractivity (Wildman–Crippen MR) is 87.4 cm³/mol. The summed E-state index contributed by atoms with van der Waals surface area (Å²) in [7, 11) is 1.57. The number of benzene rings is 1. The van der Waals surface area contributed by atoms with Crippen molar-refractivity contribution < 1.29 is 9.72 Å². The first-order valence-electron chi connectivity index (χ1n) is 7.36. The monoisotopic (exact) mass is 312 g/mol. The summed E-state index contributed by atoms with van der Waals surface area (Å²) in [5.41, 5.74) is 2.48. The number of hydrogen-bond acceptors (Lipinski definition) is 3. The summed E-state index contributed by atoms with van der Waals surface area (Å²) >= 11 is 0. The molecule has 1 aromatic carbocycles. The Bertz CT molecular complexity index is 973. The first-order chi connectivity index (χ1) is 11.1. The van der Waals surface area contributed by atoms with Crippen molar-refractivity contribution in [1.29, 1.82) is 0 Å². The highest BCUT2D eigenvalue weighted by molar-refractivity contribution is 5.91. The van der Waals surface area contributed by atoms with Gasteiger partial charge in [-0.2, -0.15) is 4.57 Å². The largest absolute Gasteiger partial charge is 0.415 e. The third-order valence-electron chi connectivity index (χ3n) is 3.89. The van der Waals surface area contributed by atoms with Gasteiger partial charge in [-0.1, -0.05) is 24.3 Å². The molecule has 0 bridgehead atoms. The Hall–Kier alpha value is -2.73. The molecule has 6 heteroatoms. The number of aromatic amines is 2. The summed E-state index contributed by atoms with van der Waals surface area (Å²) in [4.78, 5) is 29.9. The maximum Gasteiger partial charge on any atom is 0.415 e. The van der Waals surface area contributed by atoms with Crippen molar-refractivity contribution in [1.82, 2.24) is 9.55 Å². The lowest BCUT2D eigenvalue weighted by Gasteiger charge is -2.08. The molecule has 3 rings (SSSR count). The Balaban J connectivity index is 2.36. The van der Waals surface area contributed by atoms with Crippen LogP contribution in [-0.2, 0) is 11.3 Å². The minimum Gasteiger partial charge on any atom is -0.381 e. The van der Waals surface area contributed by atoms with Crippen LogP contribution in [0.5, 0.6) is 0 Å². The van der Waals surface area contributed by atoms with Crippen LogP contribution in [0.3, 0.4) is 0 Å². The maximum absolute atomic E-state index is 12.4. The summed E-state index contributed by atoms with van der Waals surface area (Å²) in [6.45, 7) is 2.73. The van der Waals surface area contributed by atoms with Gasteiger partial charge in [0.25, 0.3) is 11.2 Å². The fourth-order valence-electron chi connectivity index (χ4n) is 2.75. The molecule has 0 amide bonds. The maximum atomic E-state index is 12.4. The van der Waals surface area contributed by atoms with E-state index in [0.29, 0.717) is 24.2 Å². The van der Waals surface area contributed by atoms with E-state index >= 15 is 0 Å². The van der Waals surface area contributed by atoms with Crippen LogP contribution in [-0.4, -0.2) is 23.3 Å². The molecule has 0 radical (unpaired) electrons. The zero-order chi connectivity index (χ0) is 16.4. The predicted octanol–water partition coefficient (Wildman–Crippen LogP) is 1.13. The number of fused-ring (bicyclic) bond motifs is 1. The van der Waals surface area contributed by atoms with Crippen LogP contribution in [0, 0.1) is 6.92 Å². The lowest BCUT2D eigenvalue weighted by Crippen LogP contribution is -2.34. The summed E-state index contributed by atoms with van der Waals surface area (Å²) in [5.74, 6) is 0. The van der Waals surface area contributed by atoms with Crippen LogP contribution in [0.1, 0.15) is 5.56 Å². The third kappa shape index (κ3) is 2.68. The van der Waals surface area contributed by atoms with Gasteiger partial charge in [0.2, 0.25) is 0 Å². The highest BCUT2D eigenvalue weighted by Crippen LogP contribution is 2.26. The standard InChI is InChI=1S/C17H17N3O3/c1-11-5-3-4-6-12(11)13-7-8-18-15-14(13)16(21)19-17(22)20(15)9-10-23-2/h3-8H,9-10H2,1-2H3,(H,19,21,22)/p+1. The van der Waals surface area contributed by atoms with Gasteiger partial charge in [0.05, 0.1) is 12.8 Å². The van der Waals surface area contributed by atoms with Crippen molar-refractivity contribution in [3.8, 4) is 11.1 Å². The molecule has 2 aromatic heterocycles. The van der Waals surface area contributed by atoms with Crippen LogP contribution >= 0.6 is 0 Å². The normalized spacial score (nSPS) is 11.0.